The van der Waals surface area contributed by atoms with E-state index in [1.807, 2.05) is 4.90 Å². The van der Waals surface area contributed by atoms with E-state index in [1.54, 1.807) is 6.92 Å². The minimum absolute atomic E-state index is 0.216. The van der Waals surface area contributed by atoms with Gasteiger partial charge in [-0.25, -0.2) is 0 Å². The molecule has 3 heterocycles. The van der Waals surface area contributed by atoms with Crippen molar-refractivity contribution in [3.8, 4) is 0 Å². The lowest BCUT2D eigenvalue weighted by Crippen LogP contribution is -2.43. The lowest BCUT2D eigenvalue weighted by atomic mass is 10.0. The summed E-state index contributed by atoms with van der Waals surface area (Å²) < 4.78 is 2.13. The Balaban J connectivity index is 1.52. The summed E-state index contributed by atoms with van der Waals surface area (Å²) in [5.41, 5.74) is 2.35. The van der Waals surface area contributed by atoms with Crippen LogP contribution in [0.2, 0.25) is 0 Å². The average molecular weight is 348 g/mol. The molecule has 25 heavy (non-hydrogen) atoms. The number of carbonyl (C=O) groups excluding carboxylic acids is 1. The Morgan fingerprint density at radius 2 is 1.96 bits per heavy atom. The first-order valence-electron chi connectivity index (χ1n) is 9.67. The molecule has 2 aliphatic heterocycles. The van der Waals surface area contributed by atoms with Crippen LogP contribution < -0.4 is 0 Å². The van der Waals surface area contributed by atoms with Gasteiger partial charge in [-0.05, 0) is 32.3 Å². The molecule has 2 aliphatic rings. The highest BCUT2D eigenvalue weighted by molar-refractivity contribution is 5.73. The second kappa shape index (κ2) is 7.87. The fraction of sp³-hybridized carbons (Fsp3) is 0.789. The Morgan fingerprint density at radius 1 is 1.16 bits per heavy atom. The molecule has 2 saturated heterocycles. The monoisotopic (exact) mass is 347 g/mol. The molecule has 1 aromatic rings. The molecule has 0 radical (unpaired) electrons. The van der Waals surface area contributed by atoms with E-state index in [0.717, 1.165) is 64.5 Å². The van der Waals surface area contributed by atoms with Crippen molar-refractivity contribution in [1.29, 1.82) is 0 Å². The lowest BCUT2D eigenvalue weighted by molar-refractivity contribution is -0.128. The van der Waals surface area contributed by atoms with Crippen molar-refractivity contribution in [3.63, 3.8) is 0 Å². The van der Waals surface area contributed by atoms with E-state index in [1.165, 1.54) is 5.69 Å². The number of nitrogens with zero attached hydrogens (tertiary/aromatic N) is 5. The smallest absolute Gasteiger partial charge is 0.219 e. The zero-order valence-corrected chi connectivity index (χ0v) is 16.2. The number of likely N-dealkylation sites (tertiary alicyclic amines) is 1. The Bertz CT molecular complexity index is 599. The predicted octanol–water partition coefficient (Wildman–Crippen LogP) is 1.37. The van der Waals surface area contributed by atoms with Gasteiger partial charge in [0.1, 0.15) is 0 Å². The van der Waals surface area contributed by atoms with E-state index < -0.39 is 0 Å². The van der Waals surface area contributed by atoms with E-state index in [4.69, 9.17) is 0 Å². The molecule has 2 atom stereocenters. The Kier molecular flexibility index (Phi) is 5.79. The maximum absolute atomic E-state index is 11.6. The fourth-order valence-corrected chi connectivity index (χ4v) is 4.43. The first-order chi connectivity index (χ1) is 11.9. The second-order valence-electron chi connectivity index (χ2n) is 7.85. The van der Waals surface area contributed by atoms with Crippen LogP contribution in [0.1, 0.15) is 31.7 Å². The van der Waals surface area contributed by atoms with Gasteiger partial charge in [0, 0.05) is 64.5 Å². The highest BCUT2D eigenvalue weighted by Gasteiger charge is 2.34. The van der Waals surface area contributed by atoms with Crippen LogP contribution >= 0.6 is 0 Å². The summed E-state index contributed by atoms with van der Waals surface area (Å²) in [6.45, 7) is 16.5. The SMILES string of the molecule is CC(=O)N1CCCN([C@@H]2CN(CCn3nc(C)cc3C)C[C@@H]2C)CC1. The van der Waals surface area contributed by atoms with Gasteiger partial charge in [-0.3, -0.25) is 19.3 Å². The van der Waals surface area contributed by atoms with Crippen molar-refractivity contribution in [1.82, 2.24) is 24.5 Å². The van der Waals surface area contributed by atoms with Crippen molar-refractivity contribution in [2.45, 2.75) is 46.7 Å². The van der Waals surface area contributed by atoms with Crippen LogP contribution in [-0.4, -0.2) is 82.2 Å². The van der Waals surface area contributed by atoms with Crippen LogP contribution in [0, 0.1) is 19.8 Å². The third kappa shape index (κ3) is 4.42. The van der Waals surface area contributed by atoms with Crippen molar-refractivity contribution < 1.29 is 4.79 Å². The summed E-state index contributed by atoms with van der Waals surface area (Å²) in [5.74, 6) is 0.900. The van der Waals surface area contributed by atoms with Crippen molar-refractivity contribution in [2.75, 3.05) is 45.8 Å². The topological polar surface area (TPSA) is 44.6 Å². The van der Waals surface area contributed by atoms with Crippen molar-refractivity contribution in [2.24, 2.45) is 5.92 Å². The molecule has 1 aromatic heterocycles. The van der Waals surface area contributed by atoms with Gasteiger partial charge in [0.25, 0.3) is 0 Å². The van der Waals surface area contributed by atoms with E-state index >= 15 is 0 Å². The summed E-state index contributed by atoms with van der Waals surface area (Å²) in [6.07, 6.45) is 1.09. The molecule has 0 aliphatic carbocycles. The highest BCUT2D eigenvalue weighted by atomic mass is 16.2. The molecule has 0 N–H and O–H groups in total. The number of aryl methyl sites for hydroxylation is 2. The quantitative estimate of drug-likeness (QED) is 0.825. The standard InChI is InChI=1S/C19H33N5O/c1-15-13-21(8-11-24-17(3)12-16(2)20-24)14-19(15)23-7-5-6-22(9-10-23)18(4)25/h12,15,19H,5-11,13-14H2,1-4H3/t15-,19+/m0/s1. The summed E-state index contributed by atoms with van der Waals surface area (Å²) in [4.78, 5) is 18.8. The first kappa shape index (κ1) is 18.4. The molecular weight excluding hydrogens is 314 g/mol. The van der Waals surface area contributed by atoms with Crippen LogP contribution in [0.4, 0.5) is 0 Å². The Morgan fingerprint density at radius 3 is 2.64 bits per heavy atom. The number of hydrogen-bond donors (Lipinski definition) is 0. The molecule has 0 spiro atoms. The molecule has 6 nitrogen and oxygen atoms in total. The molecule has 0 unspecified atom stereocenters. The van der Waals surface area contributed by atoms with Gasteiger partial charge < -0.3 is 4.90 Å². The average Bonchev–Trinajstić information content (AvgIpc) is 2.96. The third-order valence-electron chi connectivity index (χ3n) is 5.82. The molecule has 0 saturated carbocycles. The normalized spacial score (nSPS) is 26.2. The van der Waals surface area contributed by atoms with Crippen LogP contribution in [0.3, 0.4) is 0 Å². The Labute approximate surface area is 151 Å². The summed E-state index contributed by atoms with van der Waals surface area (Å²) in [5, 5.41) is 4.58. The molecule has 0 aromatic carbocycles. The van der Waals surface area contributed by atoms with Gasteiger partial charge in [0.15, 0.2) is 0 Å². The third-order valence-corrected chi connectivity index (χ3v) is 5.82. The highest BCUT2D eigenvalue weighted by Crippen LogP contribution is 2.23. The molecule has 6 heteroatoms. The first-order valence-corrected chi connectivity index (χ1v) is 9.67. The van der Waals surface area contributed by atoms with E-state index in [-0.39, 0.29) is 5.91 Å². The summed E-state index contributed by atoms with van der Waals surface area (Å²) in [7, 11) is 0. The summed E-state index contributed by atoms with van der Waals surface area (Å²) >= 11 is 0. The summed E-state index contributed by atoms with van der Waals surface area (Å²) in [6, 6.07) is 2.76. The van der Waals surface area contributed by atoms with E-state index in [9.17, 15) is 4.79 Å². The van der Waals surface area contributed by atoms with Gasteiger partial charge in [-0.15, -0.1) is 0 Å². The zero-order chi connectivity index (χ0) is 18.0. The van der Waals surface area contributed by atoms with Crippen LogP contribution in [-0.2, 0) is 11.3 Å². The molecule has 0 bridgehead atoms. The van der Waals surface area contributed by atoms with Crippen LogP contribution in [0.25, 0.3) is 0 Å². The number of aromatic nitrogens is 2. The second-order valence-corrected chi connectivity index (χ2v) is 7.85. The van der Waals surface area contributed by atoms with E-state index in [0.29, 0.717) is 12.0 Å². The molecule has 2 fully saturated rings. The lowest BCUT2D eigenvalue weighted by Gasteiger charge is -2.30. The molecule has 140 valence electrons. The molecule has 1 amide bonds. The van der Waals surface area contributed by atoms with Crippen LogP contribution in [0.15, 0.2) is 6.07 Å². The molecule has 3 rings (SSSR count). The van der Waals surface area contributed by atoms with Gasteiger partial charge >= 0.3 is 0 Å². The van der Waals surface area contributed by atoms with E-state index in [2.05, 4.69) is 46.4 Å². The predicted molar refractivity (Wildman–Crippen MR) is 99.5 cm³/mol. The van der Waals surface area contributed by atoms with Crippen molar-refractivity contribution >= 4 is 5.91 Å². The number of rotatable bonds is 4. The van der Waals surface area contributed by atoms with Gasteiger partial charge in [-0.1, -0.05) is 6.92 Å². The number of hydrogen-bond acceptors (Lipinski definition) is 4. The van der Waals surface area contributed by atoms with Crippen molar-refractivity contribution in [3.05, 3.63) is 17.5 Å². The van der Waals surface area contributed by atoms with Crippen LogP contribution in [0.5, 0.6) is 0 Å². The van der Waals surface area contributed by atoms with Gasteiger partial charge in [0.05, 0.1) is 12.2 Å². The minimum atomic E-state index is 0.216. The Hall–Kier alpha value is -1.40. The molecular formula is C19H33N5O. The van der Waals surface area contributed by atoms with Gasteiger partial charge in [-0.2, -0.15) is 5.10 Å². The fourth-order valence-electron chi connectivity index (χ4n) is 4.43. The number of amides is 1. The maximum Gasteiger partial charge on any atom is 0.219 e. The zero-order valence-electron chi connectivity index (χ0n) is 16.2. The minimum Gasteiger partial charge on any atom is -0.342 e. The maximum atomic E-state index is 11.6. The largest absolute Gasteiger partial charge is 0.342 e. The van der Waals surface area contributed by atoms with Gasteiger partial charge in [0.2, 0.25) is 5.91 Å². The number of carbonyl (C=O) groups is 1.